The van der Waals surface area contributed by atoms with Crippen LogP contribution in [0.3, 0.4) is 0 Å². The Balaban J connectivity index is 1.90. The third-order valence-electron chi connectivity index (χ3n) is 4.43. The lowest BCUT2D eigenvalue weighted by Gasteiger charge is -2.14. The van der Waals surface area contributed by atoms with Crippen molar-refractivity contribution in [3.05, 3.63) is 58.3 Å². The van der Waals surface area contributed by atoms with Crippen LogP contribution in [0.5, 0.6) is 5.75 Å². The van der Waals surface area contributed by atoms with Gasteiger partial charge in [0.25, 0.3) is 5.56 Å². The molecule has 9 heteroatoms. The van der Waals surface area contributed by atoms with Gasteiger partial charge in [0, 0.05) is 25.9 Å². The van der Waals surface area contributed by atoms with E-state index in [1.807, 2.05) is 32.3 Å². The smallest absolute Gasteiger partial charge is 0.267 e. The van der Waals surface area contributed by atoms with Crippen molar-refractivity contribution in [2.24, 2.45) is 4.99 Å². The lowest BCUT2D eigenvalue weighted by atomic mass is 10.1. The van der Waals surface area contributed by atoms with E-state index < -0.39 is 0 Å². The molecule has 0 aliphatic carbocycles. The van der Waals surface area contributed by atoms with E-state index in [4.69, 9.17) is 17.0 Å². The molecule has 8 nitrogen and oxygen atoms in total. The van der Waals surface area contributed by atoms with Crippen LogP contribution < -0.4 is 15.6 Å². The van der Waals surface area contributed by atoms with Crippen LogP contribution in [0.15, 0.2) is 46.3 Å². The molecule has 142 valence electrons. The summed E-state index contributed by atoms with van der Waals surface area (Å²) in [5.74, 6) is 1.13. The lowest BCUT2D eigenvalue weighted by Crippen LogP contribution is -2.34. The molecule has 1 aromatic carbocycles. The maximum absolute atomic E-state index is 13.1. The summed E-state index contributed by atoms with van der Waals surface area (Å²) < 4.78 is 6.92. The number of pyridine rings is 1. The molecule has 0 amide bonds. The Hall–Kier alpha value is -3.33. The first-order valence-electron chi connectivity index (χ1n) is 8.58. The van der Waals surface area contributed by atoms with Crippen LogP contribution in [0.4, 0.5) is 0 Å². The number of nitrogens with one attached hydrogen (secondary N) is 1. The van der Waals surface area contributed by atoms with Crippen molar-refractivity contribution in [1.29, 1.82) is 0 Å². The van der Waals surface area contributed by atoms with Crippen LogP contribution in [0.2, 0.25) is 0 Å². The molecule has 0 atom stereocenters. The van der Waals surface area contributed by atoms with Crippen molar-refractivity contribution >= 4 is 34.1 Å². The Morgan fingerprint density at radius 2 is 2.18 bits per heavy atom. The number of hydrogen-bond donors (Lipinski definition) is 1. The highest BCUT2D eigenvalue weighted by Gasteiger charge is 2.29. The highest BCUT2D eigenvalue weighted by atomic mass is 32.1. The summed E-state index contributed by atoms with van der Waals surface area (Å²) in [5, 5.41) is 4.09. The van der Waals surface area contributed by atoms with E-state index in [9.17, 15) is 4.79 Å². The van der Waals surface area contributed by atoms with Crippen molar-refractivity contribution in [1.82, 2.24) is 24.8 Å². The fourth-order valence-corrected chi connectivity index (χ4v) is 3.11. The fraction of sp³-hybridized carbons (Fsp3) is 0.211. The minimum absolute atomic E-state index is 0.179. The predicted molar refractivity (Wildman–Crippen MR) is 112 cm³/mol. The molecular weight excluding hydrogens is 376 g/mol. The van der Waals surface area contributed by atoms with Gasteiger partial charge in [0.2, 0.25) is 0 Å². The molecule has 0 bridgehead atoms. The minimum Gasteiger partial charge on any atom is -0.497 e. The van der Waals surface area contributed by atoms with Crippen molar-refractivity contribution in [2.75, 3.05) is 27.9 Å². The number of aliphatic imine (C=N–C) groups is 1. The summed E-state index contributed by atoms with van der Waals surface area (Å²) in [6, 6.07) is 8.95. The molecule has 0 fully saturated rings. The quantitative estimate of drug-likeness (QED) is 0.525. The Morgan fingerprint density at radius 1 is 1.36 bits per heavy atom. The number of aromatic nitrogens is 3. The maximum atomic E-state index is 13.1. The van der Waals surface area contributed by atoms with Crippen molar-refractivity contribution < 1.29 is 4.74 Å². The second-order valence-electron chi connectivity index (χ2n) is 6.37. The highest BCUT2D eigenvalue weighted by Crippen LogP contribution is 2.29. The van der Waals surface area contributed by atoms with Gasteiger partial charge in [-0.1, -0.05) is 0 Å². The Kier molecular flexibility index (Phi) is 4.52. The van der Waals surface area contributed by atoms with Gasteiger partial charge in [0.05, 0.1) is 18.2 Å². The Bertz CT molecular complexity index is 1180. The average Bonchev–Trinajstić information content (AvgIpc) is 3.01. The number of methoxy groups -OCH3 is 1. The topological polar surface area (TPSA) is 84.6 Å². The number of benzene rings is 1. The lowest BCUT2D eigenvalue weighted by molar-refractivity contribution is 0.414. The van der Waals surface area contributed by atoms with Crippen molar-refractivity contribution in [2.45, 2.75) is 0 Å². The number of rotatable bonds is 3. The summed E-state index contributed by atoms with van der Waals surface area (Å²) in [6.45, 7) is 0.249. The number of thiocarbonyl (C=S) groups is 1. The van der Waals surface area contributed by atoms with Gasteiger partial charge in [-0.25, -0.2) is 9.97 Å². The van der Waals surface area contributed by atoms with Gasteiger partial charge >= 0.3 is 0 Å². The van der Waals surface area contributed by atoms with Crippen LogP contribution in [-0.4, -0.2) is 58.1 Å². The fourth-order valence-electron chi connectivity index (χ4n) is 3.05. The number of fused-ring (bicyclic) bond motifs is 4. The van der Waals surface area contributed by atoms with E-state index >= 15 is 0 Å². The molecular formula is C19H18N6O2S. The normalized spacial score (nSPS) is 13.3. The molecule has 0 radical (unpaired) electrons. The van der Waals surface area contributed by atoms with E-state index in [0.29, 0.717) is 39.1 Å². The molecule has 1 aliphatic rings. The monoisotopic (exact) mass is 394 g/mol. The van der Waals surface area contributed by atoms with E-state index in [0.717, 1.165) is 5.56 Å². The van der Waals surface area contributed by atoms with Gasteiger partial charge < -0.3 is 15.0 Å². The summed E-state index contributed by atoms with van der Waals surface area (Å²) in [5.41, 5.74) is 2.29. The molecule has 4 rings (SSSR count). The van der Waals surface area contributed by atoms with Crippen LogP contribution in [0, 0.1) is 0 Å². The maximum Gasteiger partial charge on any atom is 0.267 e. The highest BCUT2D eigenvalue weighted by molar-refractivity contribution is 7.80. The molecule has 28 heavy (non-hydrogen) atoms. The molecule has 3 heterocycles. The number of hydrogen-bond acceptors (Lipinski definition) is 6. The SMILES string of the molecule is COc1ccc2c(c1)/C(=N\CNC(=S)N(C)C)c1nc3ncccc3c(=O)n1-2. The summed E-state index contributed by atoms with van der Waals surface area (Å²) in [4.78, 5) is 28.4. The standard InChI is InChI=1S/C19H18N6O2S/c1-24(2)19(28)22-10-21-15-13-9-11(27-3)6-7-14(13)25-17(15)23-16-12(18(25)26)5-4-8-20-16/h4-9H,10H2,1-3H3,(H,22,28)/b21-15+. The molecule has 0 spiro atoms. The third kappa shape index (κ3) is 2.89. The molecule has 2 aromatic heterocycles. The number of nitrogens with zero attached hydrogens (tertiary/aromatic N) is 5. The zero-order chi connectivity index (χ0) is 19.8. The van der Waals surface area contributed by atoms with Gasteiger partial charge in [-0.05, 0) is 42.5 Å². The second kappa shape index (κ2) is 7.01. The second-order valence-corrected chi connectivity index (χ2v) is 6.76. The zero-order valence-electron chi connectivity index (χ0n) is 15.6. The summed E-state index contributed by atoms with van der Waals surface area (Å²) in [6.07, 6.45) is 1.62. The van der Waals surface area contributed by atoms with Gasteiger partial charge in [-0.3, -0.25) is 14.4 Å². The molecule has 0 unspecified atom stereocenters. The molecule has 0 saturated carbocycles. The van der Waals surface area contributed by atoms with Crippen LogP contribution in [-0.2, 0) is 0 Å². The average molecular weight is 394 g/mol. The zero-order valence-corrected chi connectivity index (χ0v) is 16.4. The van der Waals surface area contributed by atoms with E-state index in [2.05, 4.69) is 20.3 Å². The van der Waals surface area contributed by atoms with Gasteiger partial charge in [0.1, 0.15) is 18.1 Å². The van der Waals surface area contributed by atoms with Crippen molar-refractivity contribution in [3.63, 3.8) is 0 Å². The van der Waals surface area contributed by atoms with Crippen LogP contribution in [0.25, 0.3) is 16.7 Å². The largest absolute Gasteiger partial charge is 0.497 e. The third-order valence-corrected chi connectivity index (χ3v) is 4.94. The number of ether oxygens (including phenoxy) is 1. The Morgan fingerprint density at radius 3 is 2.93 bits per heavy atom. The van der Waals surface area contributed by atoms with Gasteiger partial charge in [-0.15, -0.1) is 0 Å². The van der Waals surface area contributed by atoms with Gasteiger partial charge in [0.15, 0.2) is 16.6 Å². The molecule has 1 aliphatic heterocycles. The molecule has 0 saturated heterocycles. The summed E-state index contributed by atoms with van der Waals surface area (Å²) in [7, 11) is 5.30. The van der Waals surface area contributed by atoms with E-state index in [1.165, 1.54) is 0 Å². The first-order valence-corrected chi connectivity index (χ1v) is 8.98. The predicted octanol–water partition coefficient (Wildman–Crippen LogP) is 1.33. The van der Waals surface area contributed by atoms with Crippen LogP contribution in [0.1, 0.15) is 11.4 Å². The van der Waals surface area contributed by atoms with Crippen molar-refractivity contribution in [3.8, 4) is 11.4 Å². The first kappa shape index (κ1) is 18.1. The van der Waals surface area contributed by atoms with Gasteiger partial charge in [-0.2, -0.15) is 0 Å². The molecule has 3 aromatic rings. The van der Waals surface area contributed by atoms with E-state index in [-0.39, 0.29) is 12.2 Å². The van der Waals surface area contributed by atoms with Crippen LogP contribution >= 0.6 is 12.2 Å². The minimum atomic E-state index is -0.179. The van der Waals surface area contributed by atoms with E-state index in [1.54, 1.807) is 34.9 Å². The summed E-state index contributed by atoms with van der Waals surface area (Å²) >= 11 is 5.24. The first-order chi connectivity index (χ1) is 13.5. The molecule has 1 N–H and O–H groups in total. The Labute approximate surface area is 166 Å².